The molecule has 0 N–H and O–H groups in total. The number of rotatable bonds is 7. The van der Waals surface area contributed by atoms with Crippen LogP contribution < -0.4 is 14.2 Å². The van der Waals surface area contributed by atoms with Gasteiger partial charge in [0.15, 0.2) is 11.5 Å². The van der Waals surface area contributed by atoms with Crippen LogP contribution in [0, 0.1) is 0 Å². The van der Waals surface area contributed by atoms with Gasteiger partial charge in [-0.05, 0) is 30.3 Å². The lowest BCUT2D eigenvalue weighted by Gasteiger charge is -2.09. The Labute approximate surface area is 166 Å². The van der Waals surface area contributed by atoms with Gasteiger partial charge in [0, 0.05) is 5.56 Å². The standard InChI is InChI=1S/C20H18N4O5/c1-25-13-7-4-6-12(10-13)20-23-22-17(28-20)11-16-21-19(24-29-16)14-8-5-9-15(26-2)18(14)27-3/h4-10H,11H2,1-3H3. The molecule has 0 fully saturated rings. The SMILES string of the molecule is COc1cccc(-c2nnc(Cc3nc(-c4cccc(OC)c4OC)no3)o2)c1. The maximum absolute atomic E-state index is 5.72. The lowest BCUT2D eigenvalue weighted by atomic mass is 10.1. The van der Waals surface area contributed by atoms with Gasteiger partial charge in [0.05, 0.1) is 26.9 Å². The summed E-state index contributed by atoms with van der Waals surface area (Å²) < 4.78 is 27.0. The van der Waals surface area contributed by atoms with E-state index in [1.54, 1.807) is 27.4 Å². The Morgan fingerprint density at radius 2 is 1.76 bits per heavy atom. The van der Waals surface area contributed by atoms with Crippen LogP contribution in [0.15, 0.2) is 51.4 Å². The maximum Gasteiger partial charge on any atom is 0.247 e. The van der Waals surface area contributed by atoms with Gasteiger partial charge in [-0.25, -0.2) is 0 Å². The number of para-hydroxylation sites is 1. The van der Waals surface area contributed by atoms with Crippen molar-refractivity contribution >= 4 is 0 Å². The maximum atomic E-state index is 5.72. The molecule has 9 nitrogen and oxygen atoms in total. The Morgan fingerprint density at radius 3 is 2.55 bits per heavy atom. The van der Waals surface area contributed by atoms with Crippen LogP contribution in [0.1, 0.15) is 11.8 Å². The molecule has 4 aromatic rings. The number of aromatic nitrogens is 4. The highest BCUT2D eigenvalue weighted by Gasteiger charge is 2.18. The molecule has 0 aliphatic heterocycles. The van der Waals surface area contributed by atoms with E-state index in [1.807, 2.05) is 36.4 Å². The van der Waals surface area contributed by atoms with Crippen molar-refractivity contribution in [2.75, 3.05) is 21.3 Å². The summed E-state index contributed by atoms with van der Waals surface area (Å²) in [5, 5.41) is 12.2. The molecule has 0 aliphatic carbocycles. The average Bonchev–Trinajstić information content (AvgIpc) is 3.43. The van der Waals surface area contributed by atoms with Crippen LogP contribution in [-0.2, 0) is 6.42 Å². The minimum atomic E-state index is 0.205. The van der Waals surface area contributed by atoms with Crippen molar-refractivity contribution in [1.29, 1.82) is 0 Å². The number of ether oxygens (including phenoxy) is 3. The van der Waals surface area contributed by atoms with Crippen LogP contribution in [0.5, 0.6) is 17.2 Å². The third-order valence-electron chi connectivity index (χ3n) is 4.20. The van der Waals surface area contributed by atoms with E-state index in [9.17, 15) is 0 Å². The van der Waals surface area contributed by atoms with Crippen LogP contribution in [0.2, 0.25) is 0 Å². The fraction of sp³-hybridized carbons (Fsp3) is 0.200. The summed E-state index contributed by atoms with van der Waals surface area (Å²) in [5.41, 5.74) is 1.42. The number of nitrogens with zero attached hydrogens (tertiary/aromatic N) is 4. The van der Waals surface area contributed by atoms with Crippen molar-refractivity contribution in [1.82, 2.24) is 20.3 Å². The zero-order valence-electron chi connectivity index (χ0n) is 16.1. The molecule has 0 unspecified atom stereocenters. The number of methoxy groups -OCH3 is 3. The van der Waals surface area contributed by atoms with Gasteiger partial charge in [0.1, 0.15) is 12.2 Å². The monoisotopic (exact) mass is 394 g/mol. The van der Waals surface area contributed by atoms with Crippen LogP contribution in [0.4, 0.5) is 0 Å². The largest absolute Gasteiger partial charge is 0.497 e. The smallest absolute Gasteiger partial charge is 0.247 e. The van der Waals surface area contributed by atoms with Crippen LogP contribution in [0.25, 0.3) is 22.8 Å². The highest BCUT2D eigenvalue weighted by atomic mass is 16.5. The molecule has 2 aromatic carbocycles. The van der Waals surface area contributed by atoms with Crippen molar-refractivity contribution in [3.05, 3.63) is 54.2 Å². The molecule has 0 bridgehead atoms. The third kappa shape index (κ3) is 3.75. The molecule has 0 amide bonds. The second-order valence-corrected chi connectivity index (χ2v) is 5.96. The van der Waals surface area contributed by atoms with Crippen molar-refractivity contribution < 1.29 is 23.2 Å². The summed E-state index contributed by atoms with van der Waals surface area (Å²) in [6.45, 7) is 0. The summed E-state index contributed by atoms with van der Waals surface area (Å²) in [6.07, 6.45) is 0.205. The number of benzene rings is 2. The molecule has 2 heterocycles. The first-order valence-corrected chi connectivity index (χ1v) is 8.72. The van der Waals surface area contributed by atoms with Crippen molar-refractivity contribution in [2.24, 2.45) is 0 Å². The van der Waals surface area contributed by atoms with E-state index in [1.165, 1.54) is 0 Å². The van der Waals surface area contributed by atoms with E-state index in [4.69, 9.17) is 23.2 Å². The molecule has 0 radical (unpaired) electrons. The first-order chi connectivity index (χ1) is 14.2. The quantitative estimate of drug-likeness (QED) is 0.466. The molecular weight excluding hydrogens is 376 g/mol. The Morgan fingerprint density at radius 1 is 0.897 bits per heavy atom. The van der Waals surface area contributed by atoms with Gasteiger partial charge in [-0.2, -0.15) is 4.98 Å². The molecule has 4 rings (SSSR count). The van der Waals surface area contributed by atoms with Gasteiger partial charge in [-0.15, -0.1) is 10.2 Å². The van der Waals surface area contributed by atoms with E-state index in [-0.39, 0.29) is 6.42 Å². The molecule has 9 heteroatoms. The zero-order valence-corrected chi connectivity index (χ0v) is 16.1. The number of hydrogen-bond donors (Lipinski definition) is 0. The molecule has 0 saturated carbocycles. The van der Waals surface area contributed by atoms with Crippen LogP contribution in [-0.4, -0.2) is 41.7 Å². The normalized spacial score (nSPS) is 10.7. The van der Waals surface area contributed by atoms with Gasteiger partial charge in [-0.3, -0.25) is 0 Å². The van der Waals surface area contributed by atoms with Gasteiger partial charge in [0.2, 0.25) is 23.5 Å². The Kier molecular flexibility index (Phi) is 5.10. The minimum absolute atomic E-state index is 0.205. The van der Waals surface area contributed by atoms with Gasteiger partial charge in [0.25, 0.3) is 0 Å². The summed E-state index contributed by atoms with van der Waals surface area (Å²) in [4.78, 5) is 4.41. The summed E-state index contributed by atoms with van der Waals surface area (Å²) in [7, 11) is 4.72. The van der Waals surface area contributed by atoms with Crippen LogP contribution in [0.3, 0.4) is 0 Å². The summed E-state index contributed by atoms with van der Waals surface area (Å²) in [5.74, 6) is 3.27. The van der Waals surface area contributed by atoms with Crippen molar-refractivity contribution in [2.45, 2.75) is 6.42 Å². The molecule has 0 aliphatic rings. The molecule has 0 atom stereocenters. The second kappa shape index (κ2) is 8.01. The highest BCUT2D eigenvalue weighted by molar-refractivity contribution is 5.68. The fourth-order valence-corrected chi connectivity index (χ4v) is 2.83. The van der Waals surface area contributed by atoms with E-state index in [0.29, 0.717) is 46.3 Å². The summed E-state index contributed by atoms with van der Waals surface area (Å²) in [6, 6.07) is 12.8. The predicted octanol–water partition coefficient (Wildman–Crippen LogP) is 3.40. The van der Waals surface area contributed by atoms with Crippen molar-refractivity contribution in [3.63, 3.8) is 0 Å². The first kappa shape index (κ1) is 18.5. The lowest BCUT2D eigenvalue weighted by molar-refractivity contribution is 0.355. The third-order valence-corrected chi connectivity index (χ3v) is 4.20. The lowest BCUT2D eigenvalue weighted by Crippen LogP contribution is -1.94. The van der Waals surface area contributed by atoms with Gasteiger partial charge < -0.3 is 23.2 Å². The van der Waals surface area contributed by atoms with Crippen molar-refractivity contribution in [3.8, 4) is 40.1 Å². The van der Waals surface area contributed by atoms with Crippen LogP contribution >= 0.6 is 0 Å². The fourth-order valence-electron chi connectivity index (χ4n) is 2.83. The Balaban J connectivity index is 1.56. The molecule has 2 aromatic heterocycles. The van der Waals surface area contributed by atoms with Gasteiger partial charge >= 0.3 is 0 Å². The highest BCUT2D eigenvalue weighted by Crippen LogP contribution is 2.36. The summed E-state index contributed by atoms with van der Waals surface area (Å²) >= 11 is 0. The van der Waals surface area contributed by atoms with E-state index >= 15 is 0 Å². The molecular formula is C20H18N4O5. The second-order valence-electron chi connectivity index (χ2n) is 5.96. The minimum Gasteiger partial charge on any atom is -0.497 e. The molecule has 0 spiro atoms. The molecule has 0 saturated heterocycles. The first-order valence-electron chi connectivity index (χ1n) is 8.72. The zero-order chi connectivity index (χ0) is 20.2. The van der Waals surface area contributed by atoms with E-state index in [0.717, 1.165) is 5.56 Å². The average molecular weight is 394 g/mol. The Bertz CT molecular complexity index is 1120. The van der Waals surface area contributed by atoms with E-state index < -0.39 is 0 Å². The molecule has 148 valence electrons. The van der Waals surface area contributed by atoms with E-state index in [2.05, 4.69) is 20.3 Å². The topological polar surface area (TPSA) is 106 Å². The number of hydrogen-bond acceptors (Lipinski definition) is 9. The predicted molar refractivity (Wildman–Crippen MR) is 102 cm³/mol. The molecule has 29 heavy (non-hydrogen) atoms. The Hall–Kier alpha value is -3.88. The van der Waals surface area contributed by atoms with Gasteiger partial charge in [-0.1, -0.05) is 17.3 Å².